The van der Waals surface area contributed by atoms with E-state index in [0.717, 1.165) is 29.2 Å². The second-order valence-electron chi connectivity index (χ2n) is 5.70. The molecule has 0 spiro atoms. The summed E-state index contributed by atoms with van der Waals surface area (Å²) in [4.78, 5) is 0. The Hall–Kier alpha value is -1.81. The summed E-state index contributed by atoms with van der Waals surface area (Å²) in [6, 6.07) is 7.44. The smallest absolute Gasteiger partial charge is 0.165 e. The molecule has 0 atom stereocenters. The summed E-state index contributed by atoms with van der Waals surface area (Å²) in [6.45, 7) is 4.91. The molecule has 21 heavy (non-hydrogen) atoms. The number of hydrogen-bond donors (Lipinski definition) is 1. The van der Waals surface area contributed by atoms with Crippen molar-refractivity contribution >= 4 is 0 Å². The van der Waals surface area contributed by atoms with Gasteiger partial charge in [0.15, 0.2) is 11.6 Å². The van der Waals surface area contributed by atoms with Gasteiger partial charge in [-0.15, -0.1) is 0 Å². The van der Waals surface area contributed by atoms with E-state index in [1.165, 1.54) is 18.9 Å². The first kappa shape index (κ1) is 14.1. The Labute approximate surface area is 124 Å². The van der Waals surface area contributed by atoms with Crippen LogP contribution in [0.2, 0.25) is 0 Å². The number of rotatable bonds is 6. The van der Waals surface area contributed by atoms with Gasteiger partial charge in [-0.1, -0.05) is 6.07 Å². The molecule has 3 rings (SSSR count). The fraction of sp³-hybridized carbons (Fsp3) is 0.412. The number of benzene rings is 1. The first-order valence-electron chi connectivity index (χ1n) is 7.32. The lowest BCUT2D eigenvalue weighted by Crippen LogP contribution is -2.15. The predicted molar refractivity (Wildman–Crippen MR) is 78.8 cm³/mol. The van der Waals surface area contributed by atoms with Crippen molar-refractivity contribution in [2.45, 2.75) is 45.9 Å². The van der Waals surface area contributed by atoms with Crippen LogP contribution < -0.4 is 10.1 Å². The monoisotopic (exact) mass is 289 g/mol. The lowest BCUT2D eigenvalue weighted by molar-refractivity contribution is 0.254. The van der Waals surface area contributed by atoms with Crippen LogP contribution in [0, 0.1) is 19.7 Å². The maximum absolute atomic E-state index is 13.6. The average Bonchev–Trinajstić information content (AvgIpc) is 3.21. The SMILES string of the molecule is Cc1ccc(F)c(OCc2cc(C)c(CNC3CC3)o2)c1. The Bertz CT molecular complexity index is 632. The van der Waals surface area contributed by atoms with Gasteiger partial charge in [0.05, 0.1) is 6.54 Å². The summed E-state index contributed by atoms with van der Waals surface area (Å²) in [5.41, 5.74) is 2.07. The maximum Gasteiger partial charge on any atom is 0.165 e. The molecule has 0 unspecified atom stereocenters. The number of ether oxygens (including phenoxy) is 1. The van der Waals surface area contributed by atoms with Crippen LogP contribution in [-0.2, 0) is 13.2 Å². The van der Waals surface area contributed by atoms with Crippen molar-refractivity contribution < 1.29 is 13.5 Å². The first-order chi connectivity index (χ1) is 10.1. The van der Waals surface area contributed by atoms with Gasteiger partial charge in [0.25, 0.3) is 0 Å². The van der Waals surface area contributed by atoms with Gasteiger partial charge in [-0.3, -0.25) is 0 Å². The highest BCUT2D eigenvalue weighted by Gasteiger charge is 2.21. The van der Waals surface area contributed by atoms with Crippen molar-refractivity contribution in [1.82, 2.24) is 5.32 Å². The third kappa shape index (κ3) is 3.64. The fourth-order valence-electron chi connectivity index (χ4n) is 2.23. The number of furan rings is 1. The van der Waals surface area contributed by atoms with Gasteiger partial charge in [-0.05, 0) is 56.0 Å². The molecule has 4 heteroatoms. The molecular formula is C17H20FNO2. The van der Waals surface area contributed by atoms with Crippen LogP contribution in [0.25, 0.3) is 0 Å². The van der Waals surface area contributed by atoms with E-state index in [0.29, 0.717) is 6.04 Å². The molecule has 1 N–H and O–H groups in total. The lowest BCUT2D eigenvalue weighted by Gasteiger charge is -2.06. The van der Waals surface area contributed by atoms with Crippen molar-refractivity contribution in [3.63, 3.8) is 0 Å². The van der Waals surface area contributed by atoms with Crippen molar-refractivity contribution in [3.8, 4) is 5.75 Å². The van der Waals surface area contributed by atoms with Gasteiger partial charge in [0.1, 0.15) is 18.1 Å². The molecule has 0 radical (unpaired) electrons. The van der Waals surface area contributed by atoms with E-state index >= 15 is 0 Å². The van der Waals surface area contributed by atoms with Crippen LogP contribution >= 0.6 is 0 Å². The summed E-state index contributed by atoms with van der Waals surface area (Å²) in [6.07, 6.45) is 2.50. The normalized spacial score (nSPS) is 14.4. The summed E-state index contributed by atoms with van der Waals surface area (Å²) in [5.74, 6) is 1.58. The van der Waals surface area contributed by atoms with E-state index in [9.17, 15) is 4.39 Å². The molecule has 112 valence electrons. The van der Waals surface area contributed by atoms with Crippen LogP contribution in [-0.4, -0.2) is 6.04 Å². The minimum atomic E-state index is -0.348. The molecule has 1 saturated carbocycles. The molecule has 1 aromatic heterocycles. The Kier molecular flexibility index (Phi) is 3.97. The first-order valence-corrected chi connectivity index (χ1v) is 7.32. The lowest BCUT2D eigenvalue weighted by atomic mass is 10.2. The highest BCUT2D eigenvalue weighted by molar-refractivity contribution is 5.29. The zero-order valence-corrected chi connectivity index (χ0v) is 12.4. The van der Waals surface area contributed by atoms with Crippen molar-refractivity contribution in [3.05, 3.63) is 52.7 Å². The third-order valence-corrected chi connectivity index (χ3v) is 3.66. The fourth-order valence-corrected chi connectivity index (χ4v) is 2.23. The van der Waals surface area contributed by atoms with Crippen molar-refractivity contribution in [2.24, 2.45) is 0 Å². The number of aryl methyl sites for hydroxylation is 2. The second kappa shape index (κ2) is 5.90. The zero-order valence-electron chi connectivity index (χ0n) is 12.4. The Morgan fingerprint density at radius 3 is 2.86 bits per heavy atom. The van der Waals surface area contributed by atoms with E-state index in [2.05, 4.69) is 5.32 Å². The zero-order chi connectivity index (χ0) is 14.8. The average molecular weight is 289 g/mol. The maximum atomic E-state index is 13.6. The molecule has 0 amide bonds. The van der Waals surface area contributed by atoms with Crippen molar-refractivity contribution in [1.29, 1.82) is 0 Å². The summed E-state index contributed by atoms with van der Waals surface area (Å²) in [7, 11) is 0. The molecule has 1 aliphatic carbocycles. The molecule has 1 fully saturated rings. The van der Waals surface area contributed by atoms with Crippen LogP contribution in [0.3, 0.4) is 0 Å². The van der Waals surface area contributed by atoms with Gasteiger partial charge in [0.2, 0.25) is 0 Å². The Balaban J connectivity index is 1.61. The summed E-state index contributed by atoms with van der Waals surface area (Å²) in [5, 5.41) is 3.42. The van der Waals surface area contributed by atoms with E-state index < -0.39 is 0 Å². The van der Waals surface area contributed by atoms with Gasteiger partial charge in [0, 0.05) is 6.04 Å². The predicted octanol–water partition coefficient (Wildman–Crippen LogP) is 3.87. The standard InChI is InChI=1S/C17H20FNO2/c1-11-3-6-15(18)16(7-11)20-10-14-8-12(2)17(21-14)9-19-13-4-5-13/h3,6-8,13,19H,4-5,9-10H2,1-2H3. The van der Waals surface area contributed by atoms with Crippen LogP contribution in [0.5, 0.6) is 5.75 Å². The van der Waals surface area contributed by atoms with Crippen molar-refractivity contribution in [2.75, 3.05) is 0 Å². The summed E-state index contributed by atoms with van der Waals surface area (Å²) >= 11 is 0. The van der Waals surface area contributed by atoms with Gasteiger partial charge in [-0.25, -0.2) is 4.39 Å². The Morgan fingerprint density at radius 2 is 2.10 bits per heavy atom. The Morgan fingerprint density at radius 1 is 1.29 bits per heavy atom. The molecular weight excluding hydrogens is 269 g/mol. The molecule has 1 heterocycles. The minimum Gasteiger partial charge on any atom is -0.483 e. The van der Waals surface area contributed by atoms with Gasteiger partial charge >= 0.3 is 0 Å². The molecule has 1 aromatic carbocycles. The number of nitrogens with one attached hydrogen (secondary N) is 1. The van der Waals surface area contributed by atoms with E-state index in [-0.39, 0.29) is 18.2 Å². The third-order valence-electron chi connectivity index (χ3n) is 3.66. The molecule has 2 aromatic rings. The van der Waals surface area contributed by atoms with Crippen LogP contribution in [0.4, 0.5) is 4.39 Å². The number of halogens is 1. The topological polar surface area (TPSA) is 34.4 Å². The highest BCUT2D eigenvalue weighted by Crippen LogP contribution is 2.23. The molecule has 0 bridgehead atoms. The molecule has 0 aliphatic heterocycles. The van der Waals surface area contributed by atoms with E-state index in [1.54, 1.807) is 12.1 Å². The molecule has 1 aliphatic rings. The van der Waals surface area contributed by atoms with Gasteiger partial charge in [-0.2, -0.15) is 0 Å². The van der Waals surface area contributed by atoms with Crippen LogP contribution in [0.15, 0.2) is 28.7 Å². The van der Waals surface area contributed by atoms with E-state index in [1.807, 2.05) is 19.9 Å². The quantitative estimate of drug-likeness (QED) is 0.876. The minimum absolute atomic E-state index is 0.241. The second-order valence-corrected chi connectivity index (χ2v) is 5.70. The van der Waals surface area contributed by atoms with Crippen LogP contribution in [0.1, 0.15) is 35.5 Å². The summed E-state index contributed by atoms with van der Waals surface area (Å²) < 4.78 is 24.9. The van der Waals surface area contributed by atoms with Gasteiger partial charge < -0.3 is 14.5 Å². The molecule has 0 saturated heterocycles. The number of hydrogen-bond acceptors (Lipinski definition) is 3. The molecule has 3 nitrogen and oxygen atoms in total. The largest absolute Gasteiger partial charge is 0.483 e. The highest BCUT2D eigenvalue weighted by atomic mass is 19.1. The van der Waals surface area contributed by atoms with E-state index in [4.69, 9.17) is 9.15 Å².